The lowest BCUT2D eigenvalue weighted by Crippen LogP contribution is -2.14. The number of hydrogen-bond acceptors (Lipinski definition) is 5. The second-order valence-electron chi connectivity index (χ2n) is 7.18. The molecule has 9 heteroatoms. The number of carbonyl (C=O) groups is 1. The molecule has 0 unspecified atom stereocenters. The largest absolute Gasteiger partial charge is 0.431 e. The summed E-state index contributed by atoms with van der Waals surface area (Å²) in [5.74, 6) is 0.546. The Hall–Kier alpha value is -3.56. The van der Waals surface area contributed by atoms with Crippen molar-refractivity contribution in [2.75, 3.05) is 11.1 Å². The minimum Gasteiger partial charge on any atom is -0.431 e. The number of halogens is 1. The molecule has 0 aliphatic rings. The summed E-state index contributed by atoms with van der Waals surface area (Å²) in [5.41, 5.74) is 4.11. The number of thioether (sulfide) groups is 1. The zero-order valence-electron chi connectivity index (χ0n) is 17.1. The Morgan fingerprint density at radius 3 is 2.30 bits per heavy atom. The SMILES string of the molecule is O=C(CSc1nc(-c2ccccc2)c(-c2ccccc2)o1)Nc1cc2[nH]c(=O)[nH]c2cc1Br. The molecule has 3 aromatic carbocycles. The first-order valence-electron chi connectivity index (χ1n) is 10.0. The third-order valence-corrected chi connectivity index (χ3v) is 6.38. The van der Waals surface area contributed by atoms with Crippen LogP contribution in [0.1, 0.15) is 0 Å². The number of nitrogens with one attached hydrogen (secondary N) is 3. The Morgan fingerprint density at radius 1 is 0.970 bits per heavy atom. The molecule has 3 N–H and O–H groups in total. The maximum Gasteiger partial charge on any atom is 0.323 e. The van der Waals surface area contributed by atoms with Crippen LogP contribution in [0.3, 0.4) is 0 Å². The predicted octanol–water partition coefficient (Wildman–Crippen LogP) is 5.67. The molecule has 5 rings (SSSR count). The number of fused-ring (bicyclic) bond motifs is 1. The Morgan fingerprint density at radius 2 is 1.61 bits per heavy atom. The van der Waals surface area contributed by atoms with Crippen LogP contribution >= 0.6 is 27.7 Å². The van der Waals surface area contributed by atoms with E-state index in [-0.39, 0.29) is 17.3 Å². The van der Waals surface area contributed by atoms with E-state index in [0.717, 1.165) is 16.8 Å². The monoisotopic (exact) mass is 520 g/mol. The average molecular weight is 521 g/mol. The first-order valence-corrected chi connectivity index (χ1v) is 11.8. The normalized spacial score (nSPS) is 11.1. The van der Waals surface area contributed by atoms with Gasteiger partial charge in [-0.1, -0.05) is 72.4 Å². The highest BCUT2D eigenvalue weighted by atomic mass is 79.9. The van der Waals surface area contributed by atoms with Gasteiger partial charge in [-0.3, -0.25) is 4.79 Å². The lowest BCUT2D eigenvalue weighted by Gasteiger charge is -2.06. The quantitative estimate of drug-likeness (QED) is 0.250. The van der Waals surface area contributed by atoms with Crippen molar-refractivity contribution >= 4 is 50.3 Å². The number of anilines is 1. The standard InChI is InChI=1S/C24H17BrN4O3S/c25-16-11-18-19(28-23(31)27-18)12-17(16)26-20(30)13-33-24-29-21(14-7-3-1-4-8-14)22(32-24)15-9-5-2-6-10-15/h1-12H,13H2,(H,26,30)(H2,27,28,31). The highest BCUT2D eigenvalue weighted by Gasteiger charge is 2.18. The molecule has 0 bridgehead atoms. The average Bonchev–Trinajstić information content (AvgIpc) is 3.42. The van der Waals surface area contributed by atoms with Crippen molar-refractivity contribution in [3.63, 3.8) is 0 Å². The summed E-state index contributed by atoms with van der Waals surface area (Å²) in [6.45, 7) is 0. The Kier molecular flexibility index (Phi) is 5.89. The van der Waals surface area contributed by atoms with Gasteiger partial charge in [0.15, 0.2) is 5.76 Å². The topological polar surface area (TPSA) is 104 Å². The highest BCUT2D eigenvalue weighted by Crippen LogP contribution is 2.35. The van der Waals surface area contributed by atoms with Gasteiger partial charge in [0.05, 0.1) is 22.5 Å². The number of oxazole rings is 1. The number of aromatic amines is 2. The number of carbonyl (C=O) groups excluding carboxylic acids is 1. The summed E-state index contributed by atoms with van der Waals surface area (Å²) in [5, 5.41) is 3.26. The smallest absolute Gasteiger partial charge is 0.323 e. The molecular weight excluding hydrogens is 504 g/mol. The van der Waals surface area contributed by atoms with Crippen LogP contribution < -0.4 is 11.0 Å². The third-order valence-electron chi connectivity index (χ3n) is 4.90. The van der Waals surface area contributed by atoms with Crippen molar-refractivity contribution in [3.05, 3.63) is 87.8 Å². The van der Waals surface area contributed by atoms with Gasteiger partial charge in [0, 0.05) is 15.6 Å². The van der Waals surface area contributed by atoms with Gasteiger partial charge in [-0.2, -0.15) is 0 Å². The van der Waals surface area contributed by atoms with Crippen LogP contribution in [-0.2, 0) is 4.79 Å². The number of H-pyrrole nitrogens is 2. The van der Waals surface area contributed by atoms with Gasteiger partial charge in [-0.25, -0.2) is 9.78 Å². The van der Waals surface area contributed by atoms with Crippen molar-refractivity contribution in [2.24, 2.45) is 0 Å². The van der Waals surface area contributed by atoms with Crippen LogP contribution in [-0.4, -0.2) is 26.6 Å². The van der Waals surface area contributed by atoms with Gasteiger partial charge in [0.2, 0.25) is 5.91 Å². The summed E-state index contributed by atoms with van der Waals surface area (Å²) in [6.07, 6.45) is 0. The molecule has 0 saturated heterocycles. The van der Waals surface area contributed by atoms with Gasteiger partial charge in [0.25, 0.3) is 5.22 Å². The number of aromatic nitrogens is 3. The summed E-state index contributed by atoms with van der Waals surface area (Å²) >= 11 is 4.64. The maximum atomic E-state index is 12.6. The van der Waals surface area contributed by atoms with E-state index in [1.54, 1.807) is 12.1 Å². The summed E-state index contributed by atoms with van der Waals surface area (Å²) < 4.78 is 6.72. The van der Waals surface area contributed by atoms with Crippen molar-refractivity contribution in [1.29, 1.82) is 0 Å². The van der Waals surface area contributed by atoms with Crippen LogP contribution in [0.5, 0.6) is 0 Å². The van der Waals surface area contributed by atoms with Gasteiger partial charge in [-0.15, -0.1) is 0 Å². The second kappa shape index (κ2) is 9.13. The second-order valence-corrected chi connectivity index (χ2v) is 8.96. The molecule has 33 heavy (non-hydrogen) atoms. The first-order chi connectivity index (χ1) is 16.1. The molecule has 2 aromatic heterocycles. The fourth-order valence-electron chi connectivity index (χ4n) is 3.40. The van der Waals surface area contributed by atoms with E-state index in [1.807, 2.05) is 60.7 Å². The third kappa shape index (κ3) is 4.64. The molecule has 0 saturated carbocycles. The lowest BCUT2D eigenvalue weighted by molar-refractivity contribution is -0.113. The Labute approximate surface area is 200 Å². The zero-order chi connectivity index (χ0) is 22.8. The molecule has 5 aromatic rings. The molecule has 7 nitrogen and oxygen atoms in total. The van der Waals surface area contributed by atoms with Crippen molar-refractivity contribution in [3.8, 4) is 22.6 Å². The van der Waals surface area contributed by atoms with Crippen molar-refractivity contribution < 1.29 is 9.21 Å². The Bertz CT molecular complexity index is 1440. The van der Waals surface area contributed by atoms with E-state index >= 15 is 0 Å². The Balaban J connectivity index is 1.35. The number of nitrogens with zero attached hydrogens (tertiary/aromatic N) is 1. The molecule has 0 atom stereocenters. The van der Waals surface area contributed by atoms with E-state index in [9.17, 15) is 9.59 Å². The van der Waals surface area contributed by atoms with E-state index in [0.29, 0.717) is 32.2 Å². The van der Waals surface area contributed by atoms with E-state index in [4.69, 9.17) is 4.42 Å². The minimum absolute atomic E-state index is 0.108. The van der Waals surface area contributed by atoms with Gasteiger partial charge in [0.1, 0.15) is 5.69 Å². The van der Waals surface area contributed by atoms with Crippen molar-refractivity contribution in [2.45, 2.75) is 5.22 Å². The fourth-order valence-corrected chi connectivity index (χ4v) is 4.47. The fraction of sp³-hybridized carbons (Fsp3) is 0.0417. The molecule has 164 valence electrons. The highest BCUT2D eigenvalue weighted by molar-refractivity contribution is 9.10. The molecular formula is C24H17BrN4O3S. The molecule has 2 heterocycles. The summed E-state index contributed by atoms with van der Waals surface area (Å²) in [6, 6.07) is 23.0. The number of amides is 1. The molecule has 0 aliphatic carbocycles. The summed E-state index contributed by atoms with van der Waals surface area (Å²) in [4.78, 5) is 34.1. The van der Waals surface area contributed by atoms with Gasteiger partial charge < -0.3 is 19.7 Å². The number of imidazole rings is 1. The first kappa shape index (κ1) is 21.3. The molecule has 0 radical (unpaired) electrons. The van der Waals surface area contributed by atoms with Crippen molar-refractivity contribution in [1.82, 2.24) is 15.0 Å². The van der Waals surface area contributed by atoms with E-state index in [1.165, 1.54) is 11.8 Å². The van der Waals surface area contributed by atoms with E-state index < -0.39 is 0 Å². The summed E-state index contributed by atoms with van der Waals surface area (Å²) in [7, 11) is 0. The number of rotatable bonds is 6. The zero-order valence-corrected chi connectivity index (χ0v) is 19.5. The lowest BCUT2D eigenvalue weighted by atomic mass is 10.1. The minimum atomic E-state index is -0.303. The number of benzene rings is 3. The molecule has 0 spiro atoms. The molecule has 1 amide bonds. The van der Waals surface area contributed by atoms with Crippen LogP contribution in [0.2, 0.25) is 0 Å². The van der Waals surface area contributed by atoms with Crippen LogP contribution in [0.4, 0.5) is 5.69 Å². The maximum absolute atomic E-state index is 12.6. The van der Waals surface area contributed by atoms with E-state index in [2.05, 4.69) is 36.2 Å². The van der Waals surface area contributed by atoms with Crippen LogP contribution in [0.15, 0.2) is 91.7 Å². The van der Waals surface area contributed by atoms with Crippen LogP contribution in [0.25, 0.3) is 33.6 Å². The van der Waals surface area contributed by atoms with Gasteiger partial charge >= 0.3 is 5.69 Å². The van der Waals surface area contributed by atoms with Gasteiger partial charge in [-0.05, 0) is 28.1 Å². The molecule has 0 fully saturated rings. The molecule has 0 aliphatic heterocycles. The predicted molar refractivity (Wildman–Crippen MR) is 133 cm³/mol. The number of hydrogen-bond donors (Lipinski definition) is 3. The van der Waals surface area contributed by atoms with Crippen LogP contribution in [0, 0.1) is 0 Å².